The van der Waals surface area contributed by atoms with Crippen LogP contribution in [0.5, 0.6) is 0 Å². The van der Waals surface area contributed by atoms with Gasteiger partial charge in [-0.05, 0) is 35.7 Å². The number of nitrogens with zero attached hydrogens (tertiary/aromatic N) is 1. The lowest BCUT2D eigenvalue weighted by Crippen LogP contribution is -2.26. The van der Waals surface area contributed by atoms with Gasteiger partial charge in [-0.1, -0.05) is 37.6 Å². The molecule has 2 N–H and O–H groups in total. The molecule has 0 aliphatic carbocycles. The van der Waals surface area contributed by atoms with Gasteiger partial charge in [0.05, 0.1) is 11.4 Å². The van der Waals surface area contributed by atoms with Crippen molar-refractivity contribution < 1.29 is 0 Å². The molecule has 3 nitrogen and oxygen atoms in total. The molecule has 0 unspecified atom stereocenters. The van der Waals surface area contributed by atoms with E-state index in [2.05, 4.69) is 13.8 Å². The van der Waals surface area contributed by atoms with Crippen LogP contribution < -0.4 is 11.3 Å². The largest absolute Gasteiger partial charge is 0.394 e. The number of hydrogen-bond acceptors (Lipinski definition) is 2. The van der Waals surface area contributed by atoms with Crippen molar-refractivity contribution in [1.82, 2.24) is 4.57 Å². The lowest BCUT2D eigenvalue weighted by Gasteiger charge is -2.15. The Bertz CT molecular complexity index is 630. The molecule has 0 amide bonds. The first-order valence-electron chi connectivity index (χ1n) is 6.24. The zero-order valence-corrected chi connectivity index (χ0v) is 11.8. The van der Waals surface area contributed by atoms with Crippen molar-refractivity contribution in [3.63, 3.8) is 0 Å². The van der Waals surface area contributed by atoms with Gasteiger partial charge in [0.15, 0.2) is 0 Å². The smallest absolute Gasteiger partial charge is 0.274 e. The molecule has 0 saturated heterocycles. The monoisotopic (exact) mass is 276 g/mol. The normalized spacial score (nSPS) is 10.9. The molecule has 0 spiro atoms. The molecule has 1 aromatic heterocycles. The van der Waals surface area contributed by atoms with Crippen molar-refractivity contribution in [3.8, 4) is 11.3 Å². The van der Waals surface area contributed by atoms with Crippen LogP contribution in [-0.4, -0.2) is 4.57 Å². The average molecular weight is 277 g/mol. The van der Waals surface area contributed by atoms with Crippen LogP contribution in [0.4, 0.5) is 5.69 Å². The summed E-state index contributed by atoms with van der Waals surface area (Å²) < 4.78 is 1.73. The SMILES string of the molecule is CC(C)Cn1c(-c2ccc(Cl)cc2)ccc(N)c1=O. The topological polar surface area (TPSA) is 48.0 Å². The average Bonchev–Trinajstić information content (AvgIpc) is 2.36. The molecular formula is C15H17ClN2O. The van der Waals surface area contributed by atoms with Crippen LogP contribution in [0.2, 0.25) is 5.02 Å². The summed E-state index contributed by atoms with van der Waals surface area (Å²) in [4.78, 5) is 12.2. The number of halogens is 1. The highest BCUT2D eigenvalue weighted by molar-refractivity contribution is 6.30. The zero-order valence-electron chi connectivity index (χ0n) is 11.1. The second-order valence-electron chi connectivity index (χ2n) is 4.99. The van der Waals surface area contributed by atoms with E-state index < -0.39 is 0 Å². The molecule has 0 aliphatic rings. The van der Waals surface area contributed by atoms with Gasteiger partial charge >= 0.3 is 0 Å². The Morgan fingerprint density at radius 1 is 1.16 bits per heavy atom. The molecule has 0 bridgehead atoms. The third-order valence-corrected chi connectivity index (χ3v) is 3.14. The summed E-state index contributed by atoms with van der Waals surface area (Å²) in [5.41, 5.74) is 7.68. The van der Waals surface area contributed by atoms with E-state index in [1.807, 2.05) is 30.3 Å². The highest BCUT2D eigenvalue weighted by atomic mass is 35.5. The molecule has 19 heavy (non-hydrogen) atoms. The number of hydrogen-bond donors (Lipinski definition) is 1. The Morgan fingerprint density at radius 3 is 2.37 bits per heavy atom. The molecule has 1 aromatic carbocycles. The minimum atomic E-state index is -0.138. The maximum absolute atomic E-state index is 12.2. The van der Waals surface area contributed by atoms with E-state index in [0.717, 1.165) is 11.3 Å². The second-order valence-corrected chi connectivity index (χ2v) is 5.43. The zero-order chi connectivity index (χ0) is 14.0. The van der Waals surface area contributed by atoms with Crippen LogP contribution in [-0.2, 0) is 6.54 Å². The molecule has 0 fully saturated rings. The maximum atomic E-state index is 12.2. The quantitative estimate of drug-likeness (QED) is 0.934. The second kappa shape index (κ2) is 5.49. The molecule has 100 valence electrons. The minimum absolute atomic E-state index is 0.138. The summed E-state index contributed by atoms with van der Waals surface area (Å²) in [6, 6.07) is 11.0. The van der Waals surface area contributed by atoms with E-state index >= 15 is 0 Å². The van der Waals surface area contributed by atoms with E-state index in [1.165, 1.54) is 0 Å². The first-order chi connectivity index (χ1) is 8.99. The molecule has 4 heteroatoms. The summed E-state index contributed by atoms with van der Waals surface area (Å²) >= 11 is 5.89. The van der Waals surface area contributed by atoms with Crippen molar-refractivity contribution in [2.45, 2.75) is 20.4 Å². The van der Waals surface area contributed by atoms with Crippen molar-refractivity contribution in [2.24, 2.45) is 5.92 Å². The fraction of sp³-hybridized carbons (Fsp3) is 0.267. The molecular weight excluding hydrogens is 260 g/mol. The van der Waals surface area contributed by atoms with Gasteiger partial charge in [0.25, 0.3) is 5.56 Å². The summed E-state index contributed by atoms with van der Waals surface area (Å²) in [6.07, 6.45) is 0. The Labute approximate surface area is 117 Å². The van der Waals surface area contributed by atoms with E-state index in [0.29, 0.717) is 17.5 Å². The number of rotatable bonds is 3. The molecule has 0 radical (unpaired) electrons. The lowest BCUT2D eigenvalue weighted by molar-refractivity contribution is 0.516. The molecule has 0 atom stereocenters. The predicted octanol–water partition coefficient (Wildman–Crippen LogP) is 3.41. The van der Waals surface area contributed by atoms with E-state index in [9.17, 15) is 4.79 Å². The molecule has 1 heterocycles. The fourth-order valence-electron chi connectivity index (χ4n) is 2.01. The first kappa shape index (κ1) is 13.7. The van der Waals surface area contributed by atoms with Gasteiger partial charge in [0.2, 0.25) is 0 Å². The standard InChI is InChI=1S/C15H17ClN2O/c1-10(2)9-18-14(8-7-13(17)15(18)19)11-3-5-12(16)6-4-11/h3-8,10H,9,17H2,1-2H3. The predicted molar refractivity (Wildman–Crippen MR) is 80.4 cm³/mol. The summed E-state index contributed by atoms with van der Waals surface area (Å²) in [5.74, 6) is 0.366. The molecule has 0 saturated carbocycles. The van der Waals surface area contributed by atoms with Crippen molar-refractivity contribution in [1.29, 1.82) is 0 Å². The Kier molecular flexibility index (Phi) is 3.96. The highest BCUT2D eigenvalue weighted by Gasteiger charge is 2.10. The van der Waals surface area contributed by atoms with Crippen LogP contribution in [0.15, 0.2) is 41.2 Å². The highest BCUT2D eigenvalue weighted by Crippen LogP contribution is 2.21. The summed E-state index contributed by atoms with van der Waals surface area (Å²) in [7, 11) is 0. The molecule has 2 aromatic rings. The first-order valence-corrected chi connectivity index (χ1v) is 6.62. The maximum Gasteiger partial charge on any atom is 0.274 e. The molecule has 2 rings (SSSR count). The Hall–Kier alpha value is -1.74. The van der Waals surface area contributed by atoms with Crippen LogP contribution in [0, 0.1) is 5.92 Å². The van der Waals surface area contributed by atoms with Gasteiger partial charge in [-0.2, -0.15) is 0 Å². The van der Waals surface area contributed by atoms with Crippen LogP contribution in [0.25, 0.3) is 11.3 Å². The number of anilines is 1. The number of pyridine rings is 1. The van der Waals surface area contributed by atoms with E-state index in [-0.39, 0.29) is 11.2 Å². The summed E-state index contributed by atoms with van der Waals surface area (Å²) in [5, 5.41) is 0.678. The van der Waals surface area contributed by atoms with Gasteiger partial charge in [-0.3, -0.25) is 4.79 Å². The number of aromatic nitrogens is 1. The van der Waals surface area contributed by atoms with Crippen molar-refractivity contribution >= 4 is 17.3 Å². The third-order valence-electron chi connectivity index (χ3n) is 2.89. The van der Waals surface area contributed by atoms with Crippen LogP contribution in [0.1, 0.15) is 13.8 Å². The van der Waals surface area contributed by atoms with Crippen LogP contribution >= 0.6 is 11.6 Å². The van der Waals surface area contributed by atoms with E-state index in [1.54, 1.807) is 10.6 Å². The summed E-state index contributed by atoms with van der Waals surface area (Å²) in [6.45, 7) is 4.78. The van der Waals surface area contributed by atoms with Gasteiger partial charge in [0, 0.05) is 11.6 Å². The lowest BCUT2D eigenvalue weighted by atomic mass is 10.1. The number of benzene rings is 1. The fourth-order valence-corrected chi connectivity index (χ4v) is 2.14. The van der Waals surface area contributed by atoms with Crippen molar-refractivity contribution in [2.75, 3.05) is 5.73 Å². The van der Waals surface area contributed by atoms with Crippen molar-refractivity contribution in [3.05, 3.63) is 51.8 Å². The Balaban J connectivity index is 2.59. The van der Waals surface area contributed by atoms with Gasteiger partial charge in [-0.25, -0.2) is 0 Å². The van der Waals surface area contributed by atoms with Gasteiger partial charge < -0.3 is 10.3 Å². The number of nitrogens with two attached hydrogens (primary N) is 1. The third kappa shape index (κ3) is 2.99. The number of nitrogen functional groups attached to an aromatic ring is 1. The van der Waals surface area contributed by atoms with E-state index in [4.69, 9.17) is 17.3 Å². The van der Waals surface area contributed by atoms with Crippen LogP contribution in [0.3, 0.4) is 0 Å². The Morgan fingerprint density at radius 2 is 1.79 bits per heavy atom. The molecule has 0 aliphatic heterocycles. The minimum Gasteiger partial charge on any atom is -0.394 e. The van der Waals surface area contributed by atoms with Gasteiger partial charge in [-0.15, -0.1) is 0 Å². The van der Waals surface area contributed by atoms with Gasteiger partial charge in [0.1, 0.15) is 0 Å².